The van der Waals surface area contributed by atoms with Crippen LogP contribution in [-0.2, 0) is 10.0 Å². The number of para-hydroxylation sites is 1. The van der Waals surface area contributed by atoms with Crippen molar-refractivity contribution in [2.45, 2.75) is 0 Å². The summed E-state index contributed by atoms with van der Waals surface area (Å²) in [7, 11) is -3.53. The van der Waals surface area contributed by atoms with Crippen molar-refractivity contribution in [2.24, 2.45) is 0 Å². The molecule has 4 rings (SSSR count). The van der Waals surface area contributed by atoms with Crippen LogP contribution in [0.4, 0.5) is 11.4 Å². The van der Waals surface area contributed by atoms with Gasteiger partial charge in [0, 0.05) is 11.3 Å². The number of carbonyl (C=O) groups excluding carboxylic acids is 1. The van der Waals surface area contributed by atoms with E-state index in [1.54, 1.807) is 48.5 Å². The van der Waals surface area contributed by atoms with Gasteiger partial charge >= 0.3 is 0 Å². The Bertz CT molecular complexity index is 1300. The number of rotatable bonds is 6. The first kappa shape index (κ1) is 19.4. The summed E-state index contributed by atoms with van der Waals surface area (Å²) < 4.78 is 36.3. The summed E-state index contributed by atoms with van der Waals surface area (Å²) in [5, 5.41) is 10.7. The van der Waals surface area contributed by atoms with Crippen LogP contribution in [0.1, 0.15) is 10.4 Å². The van der Waals surface area contributed by atoms with Crippen molar-refractivity contribution >= 4 is 27.3 Å². The Hall–Kier alpha value is -3.92. The Morgan fingerprint density at radius 2 is 1.77 bits per heavy atom. The second kappa shape index (κ2) is 7.84. The average molecular weight is 424 g/mol. The zero-order valence-electron chi connectivity index (χ0n) is 15.7. The maximum absolute atomic E-state index is 12.7. The Labute approximate surface area is 171 Å². The SMILES string of the molecule is CS(=O)(=O)Nc1ccccc1C(=O)Nc1cccc(-c2nnc(-c3ccco3)o2)c1. The van der Waals surface area contributed by atoms with Gasteiger partial charge in [-0.05, 0) is 42.5 Å². The summed E-state index contributed by atoms with van der Waals surface area (Å²) in [5.74, 6) is 0.482. The van der Waals surface area contributed by atoms with Gasteiger partial charge in [-0.2, -0.15) is 0 Å². The number of sulfonamides is 1. The van der Waals surface area contributed by atoms with Crippen molar-refractivity contribution in [1.29, 1.82) is 0 Å². The van der Waals surface area contributed by atoms with E-state index in [1.165, 1.54) is 18.4 Å². The predicted octanol–water partition coefficient (Wildman–Crippen LogP) is 3.62. The van der Waals surface area contributed by atoms with Crippen LogP contribution in [0.15, 0.2) is 75.8 Å². The molecule has 152 valence electrons. The Kier molecular flexibility index (Phi) is 5.07. The molecule has 2 aromatic heterocycles. The molecule has 0 spiro atoms. The molecular formula is C20H16N4O5S. The second-order valence-electron chi connectivity index (χ2n) is 6.34. The van der Waals surface area contributed by atoms with Gasteiger partial charge in [0.1, 0.15) is 0 Å². The van der Waals surface area contributed by atoms with Crippen LogP contribution < -0.4 is 10.0 Å². The topological polar surface area (TPSA) is 127 Å². The highest BCUT2D eigenvalue weighted by Gasteiger charge is 2.16. The molecule has 0 aliphatic carbocycles. The van der Waals surface area contributed by atoms with Gasteiger partial charge in [0.25, 0.3) is 11.8 Å². The van der Waals surface area contributed by atoms with Crippen LogP contribution in [0, 0.1) is 0 Å². The average Bonchev–Trinajstić information content (AvgIpc) is 3.39. The number of aromatic nitrogens is 2. The number of nitrogens with zero attached hydrogens (tertiary/aromatic N) is 2. The lowest BCUT2D eigenvalue weighted by atomic mass is 10.1. The predicted molar refractivity (Wildman–Crippen MR) is 110 cm³/mol. The molecule has 0 aliphatic rings. The van der Waals surface area contributed by atoms with E-state index >= 15 is 0 Å². The van der Waals surface area contributed by atoms with Crippen molar-refractivity contribution in [3.63, 3.8) is 0 Å². The van der Waals surface area contributed by atoms with Gasteiger partial charge in [-0.1, -0.05) is 18.2 Å². The van der Waals surface area contributed by atoms with Crippen molar-refractivity contribution in [3.8, 4) is 23.1 Å². The van der Waals surface area contributed by atoms with E-state index in [0.717, 1.165) is 6.26 Å². The van der Waals surface area contributed by atoms with Gasteiger partial charge in [-0.15, -0.1) is 10.2 Å². The summed E-state index contributed by atoms with van der Waals surface area (Å²) in [6.45, 7) is 0. The molecule has 0 saturated carbocycles. The van der Waals surface area contributed by atoms with Gasteiger partial charge < -0.3 is 14.2 Å². The number of hydrogen-bond acceptors (Lipinski definition) is 7. The molecule has 1 amide bonds. The van der Waals surface area contributed by atoms with Gasteiger partial charge in [-0.25, -0.2) is 8.42 Å². The van der Waals surface area contributed by atoms with Crippen LogP contribution >= 0.6 is 0 Å². The monoisotopic (exact) mass is 424 g/mol. The molecular weight excluding hydrogens is 408 g/mol. The summed E-state index contributed by atoms with van der Waals surface area (Å²) in [4.78, 5) is 12.7. The van der Waals surface area contributed by atoms with Gasteiger partial charge in [0.05, 0.1) is 23.8 Å². The molecule has 0 atom stereocenters. The molecule has 30 heavy (non-hydrogen) atoms. The van der Waals surface area contributed by atoms with E-state index in [4.69, 9.17) is 8.83 Å². The highest BCUT2D eigenvalue weighted by atomic mass is 32.2. The van der Waals surface area contributed by atoms with Crippen molar-refractivity contribution in [3.05, 3.63) is 72.5 Å². The summed E-state index contributed by atoms with van der Waals surface area (Å²) >= 11 is 0. The second-order valence-corrected chi connectivity index (χ2v) is 8.09. The number of hydrogen-bond donors (Lipinski definition) is 2. The minimum Gasteiger partial charge on any atom is -0.459 e. The van der Waals surface area contributed by atoms with Crippen LogP contribution in [0.25, 0.3) is 23.1 Å². The normalized spacial score (nSPS) is 11.2. The molecule has 9 nitrogen and oxygen atoms in total. The van der Waals surface area contributed by atoms with Gasteiger partial charge in [-0.3, -0.25) is 9.52 Å². The Morgan fingerprint density at radius 3 is 2.53 bits per heavy atom. The van der Waals surface area contributed by atoms with E-state index in [-0.39, 0.29) is 23.0 Å². The fraction of sp³-hybridized carbons (Fsp3) is 0.0500. The highest BCUT2D eigenvalue weighted by molar-refractivity contribution is 7.92. The maximum atomic E-state index is 12.7. The maximum Gasteiger partial charge on any atom is 0.283 e. The number of anilines is 2. The quantitative estimate of drug-likeness (QED) is 0.484. The molecule has 2 N–H and O–H groups in total. The third-order valence-corrected chi connectivity index (χ3v) is 4.58. The molecule has 4 aromatic rings. The minimum absolute atomic E-state index is 0.186. The summed E-state index contributed by atoms with van der Waals surface area (Å²) in [6, 6.07) is 16.6. The van der Waals surface area contributed by atoms with Crippen LogP contribution in [0.2, 0.25) is 0 Å². The zero-order valence-corrected chi connectivity index (χ0v) is 16.5. The van der Waals surface area contributed by atoms with Gasteiger partial charge in [0.15, 0.2) is 5.76 Å². The third-order valence-electron chi connectivity index (χ3n) is 3.99. The molecule has 0 fully saturated rings. The molecule has 10 heteroatoms. The van der Waals surface area contributed by atoms with Crippen molar-refractivity contribution in [2.75, 3.05) is 16.3 Å². The first-order chi connectivity index (χ1) is 14.4. The standard InChI is InChI=1S/C20H16N4O5S/c1-30(26,27)24-16-9-3-2-8-15(16)18(25)21-14-7-4-6-13(12-14)19-22-23-20(29-19)17-10-5-11-28-17/h2-12,24H,1H3,(H,21,25). The number of amides is 1. The van der Waals surface area contributed by atoms with Crippen molar-refractivity contribution < 1.29 is 22.0 Å². The first-order valence-electron chi connectivity index (χ1n) is 8.75. The highest BCUT2D eigenvalue weighted by Crippen LogP contribution is 2.26. The lowest BCUT2D eigenvalue weighted by Crippen LogP contribution is -2.17. The first-order valence-corrected chi connectivity index (χ1v) is 10.6. The Morgan fingerprint density at radius 1 is 0.967 bits per heavy atom. The summed E-state index contributed by atoms with van der Waals surface area (Å²) in [5.41, 5.74) is 1.45. The van der Waals surface area contributed by atoms with Crippen LogP contribution in [0.3, 0.4) is 0 Å². The lowest BCUT2D eigenvalue weighted by Gasteiger charge is -2.11. The molecule has 0 saturated heterocycles. The number of carbonyl (C=O) groups is 1. The largest absolute Gasteiger partial charge is 0.459 e. The fourth-order valence-electron chi connectivity index (χ4n) is 2.74. The molecule has 2 heterocycles. The smallest absolute Gasteiger partial charge is 0.283 e. The Balaban J connectivity index is 1.56. The van der Waals surface area contributed by atoms with Crippen LogP contribution in [-0.4, -0.2) is 30.8 Å². The van der Waals surface area contributed by atoms with E-state index in [9.17, 15) is 13.2 Å². The number of furan rings is 1. The molecule has 2 aromatic carbocycles. The van der Waals surface area contributed by atoms with E-state index in [0.29, 0.717) is 17.0 Å². The summed E-state index contributed by atoms with van der Waals surface area (Å²) in [6.07, 6.45) is 2.53. The number of nitrogens with one attached hydrogen (secondary N) is 2. The van der Waals surface area contributed by atoms with E-state index in [2.05, 4.69) is 20.2 Å². The zero-order chi connectivity index (χ0) is 21.1. The number of benzene rings is 2. The fourth-order valence-corrected chi connectivity index (χ4v) is 3.32. The van der Waals surface area contributed by atoms with E-state index < -0.39 is 15.9 Å². The third kappa shape index (κ3) is 4.39. The molecule has 0 unspecified atom stereocenters. The minimum atomic E-state index is -3.53. The molecule has 0 bridgehead atoms. The molecule has 0 radical (unpaired) electrons. The van der Waals surface area contributed by atoms with E-state index in [1.807, 2.05) is 0 Å². The van der Waals surface area contributed by atoms with Crippen LogP contribution in [0.5, 0.6) is 0 Å². The van der Waals surface area contributed by atoms with Crippen molar-refractivity contribution in [1.82, 2.24) is 10.2 Å². The lowest BCUT2D eigenvalue weighted by molar-refractivity contribution is 0.102. The molecule has 0 aliphatic heterocycles. The van der Waals surface area contributed by atoms with Gasteiger partial charge in [0.2, 0.25) is 15.9 Å².